The molecule has 5 rings (SSSR count). The van der Waals surface area contributed by atoms with Crippen molar-refractivity contribution in [2.75, 3.05) is 18.4 Å². The van der Waals surface area contributed by atoms with Gasteiger partial charge in [0.05, 0.1) is 13.2 Å². The number of anilines is 1. The zero-order valence-corrected chi connectivity index (χ0v) is 16.9. The number of nitrogens with one attached hydrogen (secondary N) is 1. The fourth-order valence-electron chi connectivity index (χ4n) is 4.56. The number of ether oxygens (including phenoxy) is 1. The number of benzene rings is 1. The predicted molar refractivity (Wildman–Crippen MR) is 109 cm³/mol. The third kappa shape index (κ3) is 3.31. The molecule has 0 unspecified atom stereocenters. The molecule has 1 fully saturated rings. The van der Waals surface area contributed by atoms with Gasteiger partial charge < -0.3 is 15.0 Å². The van der Waals surface area contributed by atoms with Gasteiger partial charge in [-0.3, -0.25) is 9.20 Å². The molecular formula is C22H24FN5O2. The molecule has 2 aliphatic rings. The van der Waals surface area contributed by atoms with Crippen molar-refractivity contribution in [1.82, 2.24) is 19.5 Å². The van der Waals surface area contributed by atoms with Crippen LogP contribution in [-0.2, 0) is 29.3 Å². The maximum absolute atomic E-state index is 14.4. The van der Waals surface area contributed by atoms with E-state index >= 15 is 0 Å². The van der Waals surface area contributed by atoms with Crippen LogP contribution in [0.15, 0.2) is 30.6 Å². The first kappa shape index (κ1) is 19.0. The third-order valence-electron chi connectivity index (χ3n) is 6.22. The lowest BCUT2D eigenvalue weighted by molar-refractivity contribution is -0.129. The van der Waals surface area contributed by atoms with E-state index in [-0.39, 0.29) is 11.7 Å². The number of carbonyl (C=O) groups is 1. The number of piperidine rings is 1. The minimum atomic E-state index is -0.235. The van der Waals surface area contributed by atoms with Gasteiger partial charge in [0.2, 0.25) is 5.91 Å². The first-order valence-electron chi connectivity index (χ1n) is 10.3. The monoisotopic (exact) mass is 409 g/mol. The maximum Gasteiger partial charge on any atom is 0.219 e. The molecule has 1 saturated heterocycles. The summed E-state index contributed by atoms with van der Waals surface area (Å²) in [4.78, 5) is 13.6. The lowest BCUT2D eigenvalue weighted by Crippen LogP contribution is -2.36. The first-order valence-corrected chi connectivity index (χ1v) is 10.3. The second kappa shape index (κ2) is 7.68. The van der Waals surface area contributed by atoms with Crippen molar-refractivity contribution >= 4 is 17.4 Å². The molecule has 7 nitrogen and oxygen atoms in total. The Bertz CT molecular complexity index is 1100. The SMILES string of the molecule is CC(=O)N1CCC(c2cc3c(n4cnnc24)NCc2c(F)cccc2COC3)CC1. The van der Waals surface area contributed by atoms with Gasteiger partial charge in [0, 0.05) is 43.2 Å². The molecule has 2 aliphatic heterocycles. The van der Waals surface area contributed by atoms with Gasteiger partial charge in [-0.15, -0.1) is 10.2 Å². The minimum absolute atomic E-state index is 0.125. The van der Waals surface area contributed by atoms with E-state index in [0.717, 1.165) is 54.1 Å². The van der Waals surface area contributed by atoms with Crippen LogP contribution < -0.4 is 5.32 Å². The zero-order chi connectivity index (χ0) is 20.7. The first-order chi connectivity index (χ1) is 14.6. The van der Waals surface area contributed by atoms with Gasteiger partial charge in [0.15, 0.2) is 5.65 Å². The Balaban J connectivity index is 1.51. The maximum atomic E-state index is 14.4. The van der Waals surface area contributed by atoms with Crippen molar-refractivity contribution in [3.05, 3.63) is 58.7 Å². The highest BCUT2D eigenvalue weighted by Gasteiger charge is 2.26. The third-order valence-corrected chi connectivity index (χ3v) is 6.22. The highest BCUT2D eigenvalue weighted by molar-refractivity contribution is 5.73. The average molecular weight is 409 g/mol. The second-order valence-electron chi connectivity index (χ2n) is 8.00. The van der Waals surface area contributed by atoms with Crippen LogP contribution in [0.5, 0.6) is 0 Å². The summed E-state index contributed by atoms with van der Waals surface area (Å²) in [5.41, 5.74) is 4.40. The number of hydrogen-bond donors (Lipinski definition) is 1. The number of halogens is 1. The number of nitrogens with zero attached hydrogens (tertiary/aromatic N) is 4. The van der Waals surface area contributed by atoms with Gasteiger partial charge in [-0.25, -0.2) is 4.39 Å². The van der Waals surface area contributed by atoms with Crippen LogP contribution in [0, 0.1) is 5.82 Å². The van der Waals surface area contributed by atoms with Crippen molar-refractivity contribution in [3.63, 3.8) is 0 Å². The number of pyridine rings is 1. The van der Waals surface area contributed by atoms with Gasteiger partial charge in [0.1, 0.15) is 18.0 Å². The van der Waals surface area contributed by atoms with E-state index < -0.39 is 0 Å². The van der Waals surface area contributed by atoms with Gasteiger partial charge in [0.25, 0.3) is 0 Å². The van der Waals surface area contributed by atoms with Crippen LogP contribution in [0.3, 0.4) is 0 Å². The number of hydrogen-bond acceptors (Lipinski definition) is 5. The fraction of sp³-hybridized carbons (Fsp3) is 0.409. The van der Waals surface area contributed by atoms with E-state index in [9.17, 15) is 9.18 Å². The van der Waals surface area contributed by atoms with Crippen LogP contribution in [0.2, 0.25) is 0 Å². The summed E-state index contributed by atoms with van der Waals surface area (Å²) < 4.78 is 22.3. The number of amides is 1. The van der Waals surface area contributed by atoms with E-state index in [0.29, 0.717) is 31.2 Å². The summed E-state index contributed by atoms with van der Waals surface area (Å²) in [7, 11) is 0. The summed E-state index contributed by atoms with van der Waals surface area (Å²) in [6.45, 7) is 4.26. The molecule has 0 radical (unpaired) electrons. The fourth-order valence-corrected chi connectivity index (χ4v) is 4.56. The minimum Gasteiger partial charge on any atom is -0.372 e. The van der Waals surface area contributed by atoms with Crippen LogP contribution in [0.25, 0.3) is 5.65 Å². The topological polar surface area (TPSA) is 71.8 Å². The zero-order valence-electron chi connectivity index (χ0n) is 16.9. The molecule has 0 spiro atoms. The Morgan fingerprint density at radius 2 is 2.03 bits per heavy atom. The molecule has 0 aliphatic carbocycles. The van der Waals surface area contributed by atoms with Gasteiger partial charge >= 0.3 is 0 Å². The molecule has 2 aromatic heterocycles. The van der Waals surface area contributed by atoms with Crippen LogP contribution >= 0.6 is 0 Å². The Morgan fingerprint density at radius 1 is 1.23 bits per heavy atom. The van der Waals surface area contributed by atoms with E-state index in [2.05, 4.69) is 21.6 Å². The molecule has 30 heavy (non-hydrogen) atoms. The number of fused-ring (bicyclic) bond motifs is 4. The standard InChI is InChI=1S/C22H24FN5O2/c1-14(29)27-7-5-15(6-8-27)18-9-17-12-30-11-16-3-2-4-20(23)19(16)10-24-21(17)28-13-25-26-22(18)28/h2-4,9,13,15,24H,5-8,10-12H2,1H3. The lowest BCUT2D eigenvalue weighted by Gasteiger charge is -2.32. The summed E-state index contributed by atoms with van der Waals surface area (Å²) in [6.07, 6.45) is 3.48. The molecule has 156 valence electrons. The van der Waals surface area contributed by atoms with E-state index in [1.54, 1.807) is 19.3 Å². The molecule has 0 bridgehead atoms. The predicted octanol–water partition coefficient (Wildman–Crippen LogP) is 3.24. The van der Waals surface area contributed by atoms with Crippen LogP contribution in [0.1, 0.15) is 47.9 Å². The summed E-state index contributed by atoms with van der Waals surface area (Å²) in [5, 5.41) is 11.9. The quantitative estimate of drug-likeness (QED) is 0.668. The smallest absolute Gasteiger partial charge is 0.219 e. The second-order valence-corrected chi connectivity index (χ2v) is 8.00. The van der Waals surface area contributed by atoms with Crippen molar-refractivity contribution < 1.29 is 13.9 Å². The number of rotatable bonds is 1. The molecule has 1 aromatic carbocycles. The average Bonchev–Trinajstić information content (AvgIpc) is 3.25. The highest BCUT2D eigenvalue weighted by Crippen LogP contribution is 2.34. The van der Waals surface area contributed by atoms with E-state index in [1.807, 2.05) is 15.4 Å². The Kier molecular flexibility index (Phi) is 4.86. The van der Waals surface area contributed by atoms with Crippen molar-refractivity contribution in [2.45, 2.75) is 45.4 Å². The van der Waals surface area contributed by atoms with E-state index in [1.165, 1.54) is 6.07 Å². The Morgan fingerprint density at radius 3 is 2.83 bits per heavy atom. The van der Waals surface area contributed by atoms with Gasteiger partial charge in [-0.05, 0) is 36.5 Å². The highest BCUT2D eigenvalue weighted by atomic mass is 19.1. The van der Waals surface area contributed by atoms with Crippen molar-refractivity contribution in [2.24, 2.45) is 0 Å². The molecule has 4 heterocycles. The normalized spacial score (nSPS) is 17.5. The Labute approximate surface area is 173 Å². The summed E-state index contributed by atoms with van der Waals surface area (Å²) in [5.74, 6) is 1.02. The molecular weight excluding hydrogens is 385 g/mol. The molecule has 1 N–H and O–H groups in total. The van der Waals surface area contributed by atoms with Gasteiger partial charge in [-0.2, -0.15) is 0 Å². The summed E-state index contributed by atoms with van der Waals surface area (Å²) >= 11 is 0. The summed E-state index contributed by atoms with van der Waals surface area (Å²) in [6, 6.07) is 7.24. The Hall–Kier alpha value is -3.00. The number of likely N-dealkylation sites (tertiary alicyclic amines) is 1. The lowest BCUT2D eigenvalue weighted by atomic mass is 9.89. The van der Waals surface area contributed by atoms with Crippen LogP contribution in [0.4, 0.5) is 10.2 Å². The molecule has 3 aromatic rings. The van der Waals surface area contributed by atoms with Crippen LogP contribution in [-0.4, -0.2) is 38.5 Å². The number of aromatic nitrogens is 3. The van der Waals surface area contributed by atoms with Crippen molar-refractivity contribution in [3.8, 4) is 0 Å². The molecule has 0 atom stereocenters. The van der Waals surface area contributed by atoms with Gasteiger partial charge in [-0.1, -0.05) is 12.1 Å². The number of carbonyl (C=O) groups excluding carboxylic acids is 1. The molecule has 0 saturated carbocycles. The van der Waals surface area contributed by atoms with Crippen molar-refractivity contribution in [1.29, 1.82) is 0 Å². The van der Waals surface area contributed by atoms with E-state index in [4.69, 9.17) is 4.74 Å². The largest absolute Gasteiger partial charge is 0.372 e. The molecule has 8 heteroatoms. The molecule has 1 amide bonds.